The number of anilines is 1. The minimum Gasteiger partial charge on any atom is -0.484 e. The molecule has 146 valence electrons. The van der Waals surface area contributed by atoms with Crippen molar-refractivity contribution in [2.45, 2.75) is 46.6 Å². The van der Waals surface area contributed by atoms with Gasteiger partial charge in [-0.05, 0) is 60.8 Å². The molecular formula is C23H32N2O2. The predicted octanol–water partition coefficient (Wildman–Crippen LogP) is 5.06. The van der Waals surface area contributed by atoms with Gasteiger partial charge in [0, 0.05) is 12.2 Å². The molecule has 2 aromatic rings. The molecule has 4 heteroatoms. The molecule has 27 heavy (non-hydrogen) atoms. The lowest BCUT2D eigenvalue weighted by molar-refractivity contribution is -0.118. The Morgan fingerprint density at radius 2 is 1.63 bits per heavy atom. The molecule has 2 aromatic carbocycles. The summed E-state index contributed by atoms with van der Waals surface area (Å²) in [5, 5.41) is 2.88. The molecule has 0 fully saturated rings. The van der Waals surface area contributed by atoms with Gasteiger partial charge in [-0.2, -0.15) is 0 Å². The van der Waals surface area contributed by atoms with E-state index in [9.17, 15) is 4.79 Å². The number of carbonyl (C=O) groups is 1. The number of nitrogens with one attached hydrogen (secondary N) is 1. The van der Waals surface area contributed by atoms with Crippen molar-refractivity contribution in [1.29, 1.82) is 0 Å². The largest absolute Gasteiger partial charge is 0.484 e. The summed E-state index contributed by atoms with van der Waals surface area (Å²) in [7, 11) is 0. The maximum Gasteiger partial charge on any atom is 0.262 e. The van der Waals surface area contributed by atoms with Crippen LogP contribution in [0.3, 0.4) is 0 Å². The highest BCUT2D eigenvalue weighted by Crippen LogP contribution is 2.21. The first-order valence-corrected chi connectivity index (χ1v) is 9.89. The number of hydrogen-bond donors (Lipinski definition) is 1. The molecule has 0 aliphatic carbocycles. The second kappa shape index (κ2) is 10.7. The Morgan fingerprint density at radius 3 is 2.19 bits per heavy atom. The lowest BCUT2D eigenvalue weighted by Gasteiger charge is -2.18. The van der Waals surface area contributed by atoms with Gasteiger partial charge in [0.2, 0.25) is 0 Å². The third kappa shape index (κ3) is 6.72. The van der Waals surface area contributed by atoms with E-state index in [4.69, 9.17) is 4.74 Å². The van der Waals surface area contributed by atoms with Crippen LogP contribution < -0.4 is 10.1 Å². The summed E-state index contributed by atoms with van der Waals surface area (Å²) in [5.41, 5.74) is 3.33. The highest BCUT2D eigenvalue weighted by molar-refractivity contribution is 5.91. The van der Waals surface area contributed by atoms with Crippen LogP contribution >= 0.6 is 0 Å². The number of amides is 1. The van der Waals surface area contributed by atoms with Crippen LogP contribution in [0.15, 0.2) is 48.5 Å². The fourth-order valence-electron chi connectivity index (χ4n) is 2.87. The van der Waals surface area contributed by atoms with Crippen molar-refractivity contribution < 1.29 is 9.53 Å². The number of hydrogen-bond acceptors (Lipinski definition) is 3. The van der Waals surface area contributed by atoms with E-state index in [1.807, 2.05) is 24.3 Å². The van der Waals surface area contributed by atoms with Crippen LogP contribution in [-0.2, 0) is 11.3 Å². The van der Waals surface area contributed by atoms with Crippen molar-refractivity contribution in [2.24, 2.45) is 0 Å². The summed E-state index contributed by atoms with van der Waals surface area (Å²) in [5.74, 6) is 1.09. The van der Waals surface area contributed by atoms with E-state index in [0.29, 0.717) is 11.7 Å². The monoisotopic (exact) mass is 368 g/mol. The molecule has 0 spiro atoms. The molecule has 0 saturated carbocycles. The van der Waals surface area contributed by atoms with E-state index in [1.54, 1.807) is 0 Å². The molecule has 0 aliphatic heterocycles. The number of carbonyl (C=O) groups excluding carboxylic acids is 1. The first kappa shape index (κ1) is 21.0. The smallest absolute Gasteiger partial charge is 0.262 e. The average Bonchev–Trinajstić information content (AvgIpc) is 2.71. The van der Waals surface area contributed by atoms with E-state index in [0.717, 1.165) is 31.7 Å². The van der Waals surface area contributed by atoms with Crippen molar-refractivity contribution in [3.8, 4) is 5.75 Å². The number of benzene rings is 2. The highest BCUT2D eigenvalue weighted by atomic mass is 16.5. The molecule has 0 heterocycles. The fourth-order valence-corrected chi connectivity index (χ4v) is 2.87. The number of ether oxygens (including phenoxy) is 1. The number of rotatable bonds is 10. The van der Waals surface area contributed by atoms with Gasteiger partial charge >= 0.3 is 0 Å². The van der Waals surface area contributed by atoms with Crippen LogP contribution in [0.2, 0.25) is 0 Å². The third-order valence-electron chi connectivity index (χ3n) is 4.97. The zero-order valence-corrected chi connectivity index (χ0v) is 17.0. The third-order valence-corrected chi connectivity index (χ3v) is 4.97. The van der Waals surface area contributed by atoms with Gasteiger partial charge in [-0.3, -0.25) is 9.69 Å². The Balaban J connectivity index is 1.81. The molecule has 0 aliphatic rings. The quantitative estimate of drug-likeness (QED) is 0.637. The van der Waals surface area contributed by atoms with Gasteiger partial charge in [-0.25, -0.2) is 0 Å². The first-order chi connectivity index (χ1) is 13.0. The van der Waals surface area contributed by atoms with E-state index in [-0.39, 0.29) is 12.5 Å². The maximum absolute atomic E-state index is 12.1. The Kier molecular flexibility index (Phi) is 8.34. The Bertz CT molecular complexity index is 691. The van der Waals surface area contributed by atoms with E-state index < -0.39 is 0 Å². The summed E-state index contributed by atoms with van der Waals surface area (Å²) in [6.07, 6.45) is 1.11. The highest BCUT2D eigenvalue weighted by Gasteiger charge is 2.07. The molecule has 2 rings (SSSR count). The summed E-state index contributed by atoms with van der Waals surface area (Å²) < 4.78 is 5.60. The molecule has 0 saturated heterocycles. The lowest BCUT2D eigenvalue weighted by Crippen LogP contribution is -2.22. The molecule has 4 nitrogen and oxygen atoms in total. The van der Waals surface area contributed by atoms with Crippen LogP contribution in [0.1, 0.15) is 51.2 Å². The van der Waals surface area contributed by atoms with Gasteiger partial charge in [0.15, 0.2) is 6.61 Å². The van der Waals surface area contributed by atoms with Crippen LogP contribution in [0.4, 0.5) is 5.69 Å². The zero-order valence-electron chi connectivity index (χ0n) is 17.0. The summed E-state index contributed by atoms with van der Waals surface area (Å²) in [6.45, 7) is 11.7. The second-order valence-electron chi connectivity index (χ2n) is 6.87. The lowest BCUT2D eigenvalue weighted by atomic mass is 9.99. The molecule has 0 unspecified atom stereocenters. The van der Waals surface area contributed by atoms with Crippen LogP contribution in [0.5, 0.6) is 5.75 Å². The zero-order chi connectivity index (χ0) is 19.6. The summed E-state index contributed by atoms with van der Waals surface area (Å²) in [4.78, 5) is 14.5. The van der Waals surface area contributed by atoms with Crippen LogP contribution in [0, 0.1) is 0 Å². The van der Waals surface area contributed by atoms with E-state index in [2.05, 4.69) is 62.2 Å². The van der Waals surface area contributed by atoms with Gasteiger partial charge < -0.3 is 10.1 Å². The van der Waals surface area contributed by atoms with E-state index in [1.165, 1.54) is 11.1 Å². The van der Waals surface area contributed by atoms with Crippen molar-refractivity contribution in [3.05, 3.63) is 59.7 Å². The second-order valence-corrected chi connectivity index (χ2v) is 6.87. The van der Waals surface area contributed by atoms with Crippen molar-refractivity contribution in [3.63, 3.8) is 0 Å². The van der Waals surface area contributed by atoms with Crippen LogP contribution in [-0.4, -0.2) is 30.5 Å². The fraction of sp³-hybridized carbons (Fsp3) is 0.435. The van der Waals surface area contributed by atoms with Crippen molar-refractivity contribution in [2.75, 3.05) is 25.0 Å². The minimum atomic E-state index is -0.155. The molecule has 1 amide bonds. The molecular weight excluding hydrogens is 336 g/mol. The molecule has 0 bridgehead atoms. The van der Waals surface area contributed by atoms with Crippen molar-refractivity contribution in [1.82, 2.24) is 4.90 Å². The Labute approximate surface area is 163 Å². The molecule has 1 atom stereocenters. The molecule has 0 aromatic heterocycles. The van der Waals surface area contributed by atoms with Gasteiger partial charge in [-0.1, -0.05) is 52.0 Å². The van der Waals surface area contributed by atoms with Gasteiger partial charge in [0.1, 0.15) is 5.75 Å². The number of nitrogens with zero attached hydrogens (tertiary/aromatic N) is 1. The Morgan fingerprint density at radius 1 is 1.00 bits per heavy atom. The Hall–Kier alpha value is -2.33. The van der Waals surface area contributed by atoms with Crippen LogP contribution in [0.25, 0.3) is 0 Å². The van der Waals surface area contributed by atoms with Gasteiger partial charge in [0.05, 0.1) is 0 Å². The first-order valence-electron chi connectivity index (χ1n) is 9.89. The average molecular weight is 369 g/mol. The van der Waals surface area contributed by atoms with Crippen molar-refractivity contribution >= 4 is 11.6 Å². The summed E-state index contributed by atoms with van der Waals surface area (Å²) in [6, 6.07) is 16.0. The molecule has 0 radical (unpaired) electrons. The summed E-state index contributed by atoms with van der Waals surface area (Å²) >= 11 is 0. The molecule has 1 N–H and O–H groups in total. The SMILES string of the molecule is CC[C@@H](C)c1ccc(OCC(=O)Nc2ccc(CN(CC)CC)cc2)cc1. The van der Waals surface area contributed by atoms with E-state index >= 15 is 0 Å². The topological polar surface area (TPSA) is 41.6 Å². The standard InChI is InChI=1S/C23H32N2O2/c1-5-18(4)20-10-14-22(15-11-20)27-17-23(26)24-21-12-8-19(9-13-21)16-25(6-2)7-3/h8-15,18H,5-7,16-17H2,1-4H3,(H,24,26)/t18-/m1/s1. The predicted molar refractivity (Wildman–Crippen MR) is 112 cm³/mol. The normalized spacial score (nSPS) is 12.0. The maximum atomic E-state index is 12.1. The minimum absolute atomic E-state index is 0.00385. The van der Waals surface area contributed by atoms with Gasteiger partial charge in [-0.15, -0.1) is 0 Å². The van der Waals surface area contributed by atoms with Gasteiger partial charge in [0.25, 0.3) is 5.91 Å².